The summed E-state index contributed by atoms with van der Waals surface area (Å²) in [5.74, 6) is -1.40. The maximum atomic E-state index is 12.8. The van der Waals surface area contributed by atoms with Crippen LogP contribution in [0.4, 0.5) is 11.4 Å². The van der Waals surface area contributed by atoms with Crippen LogP contribution in [0.3, 0.4) is 0 Å². The van der Waals surface area contributed by atoms with Gasteiger partial charge in [0.2, 0.25) is 5.91 Å². The van der Waals surface area contributed by atoms with Gasteiger partial charge in [0.05, 0.1) is 30.1 Å². The standard InChI is InChI=1S/C24H30N4O5/c1-17-4-3-5-18(14-17)23(30)26-20-15-19(24(31)32)6-7-21(20)28-11-9-27(10-12-28)16-22(29)25-8-13-33-2/h3-7,14-15H,8-13,16H2,1-2H3,(H,25,29)(H,26,30)(H,31,32). The SMILES string of the molecule is COCCNC(=O)CN1CCN(c2ccc(C(=O)O)cc2NC(=O)c2cccc(C)c2)CC1. The lowest BCUT2D eigenvalue weighted by molar-refractivity contribution is -0.122. The summed E-state index contributed by atoms with van der Waals surface area (Å²) < 4.78 is 4.94. The number of piperazine rings is 1. The van der Waals surface area contributed by atoms with Gasteiger partial charge in [0, 0.05) is 45.4 Å². The molecule has 1 saturated heterocycles. The molecule has 1 aliphatic rings. The first-order valence-electron chi connectivity index (χ1n) is 10.9. The molecule has 0 unspecified atom stereocenters. The van der Waals surface area contributed by atoms with E-state index in [1.807, 2.05) is 19.1 Å². The van der Waals surface area contributed by atoms with Gasteiger partial charge in [-0.2, -0.15) is 0 Å². The predicted octanol–water partition coefficient (Wildman–Crippen LogP) is 1.83. The van der Waals surface area contributed by atoms with E-state index in [2.05, 4.69) is 20.4 Å². The minimum Gasteiger partial charge on any atom is -0.478 e. The predicted molar refractivity (Wildman–Crippen MR) is 126 cm³/mol. The van der Waals surface area contributed by atoms with Crippen molar-refractivity contribution in [2.45, 2.75) is 6.92 Å². The summed E-state index contributed by atoms with van der Waals surface area (Å²) in [5, 5.41) is 15.1. The number of nitrogens with zero attached hydrogens (tertiary/aromatic N) is 2. The first-order chi connectivity index (χ1) is 15.9. The Balaban J connectivity index is 1.69. The van der Waals surface area contributed by atoms with Gasteiger partial charge in [0.1, 0.15) is 0 Å². The lowest BCUT2D eigenvalue weighted by Gasteiger charge is -2.36. The Bertz CT molecular complexity index is 1000. The first-order valence-corrected chi connectivity index (χ1v) is 10.9. The molecule has 3 N–H and O–H groups in total. The number of anilines is 2. The molecule has 0 bridgehead atoms. The summed E-state index contributed by atoms with van der Waals surface area (Å²) in [7, 11) is 1.59. The minimum atomic E-state index is -1.06. The van der Waals surface area contributed by atoms with Gasteiger partial charge >= 0.3 is 5.97 Å². The molecule has 0 aliphatic carbocycles. The highest BCUT2D eigenvalue weighted by molar-refractivity contribution is 6.06. The third-order valence-corrected chi connectivity index (χ3v) is 5.48. The Morgan fingerprint density at radius 3 is 2.45 bits per heavy atom. The molecule has 9 nitrogen and oxygen atoms in total. The van der Waals surface area contributed by atoms with Crippen LogP contribution in [0.5, 0.6) is 0 Å². The van der Waals surface area contributed by atoms with Crippen LogP contribution in [-0.2, 0) is 9.53 Å². The van der Waals surface area contributed by atoms with Crippen molar-refractivity contribution in [3.05, 3.63) is 59.2 Å². The molecule has 33 heavy (non-hydrogen) atoms. The second-order valence-electron chi connectivity index (χ2n) is 7.97. The molecule has 0 radical (unpaired) electrons. The van der Waals surface area contributed by atoms with Crippen LogP contribution in [0.2, 0.25) is 0 Å². The largest absolute Gasteiger partial charge is 0.478 e. The molecule has 2 aromatic rings. The Kier molecular flexibility index (Phi) is 8.39. The van der Waals surface area contributed by atoms with Gasteiger partial charge < -0.3 is 25.4 Å². The number of rotatable bonds is 9. The van der Waals surface area contributed by atoms with E-state index in [1.54, 1.807) is 25.3 Å². The highest BCUT2D eigenvalue weighted by Crippen LogP contribution is 2.29. The number of aryl methyl sites for hydroxylation is 1. The molecular weight excluding hydrogens is 424 g/mol. The highest BCUT2D eigenvalue weighted by atomic mass is 16.5. The number of hydrogen-bond acceptors (Lipinski definition) is 6. The number of benzene rings is 2. The summed E-state index contributed by atoms with van der Waals surface area (Å²) in [6, 6.07) is 12.0. The summed E-state index contributed by atoms with van der Waals surface area (Å²) in [6.45, 7) is 5.80. The fraction of sp³-hybridized carbons (Fsp3) is 0.375. The number of ether oxygens (including phenoxy) is 1. The number of carboxylic acid groups (broad SMARTS) is 1. The van der Waals surface area contributed by atoms with Crippen molar-refractivity contribution in [1.29, 1.82) is 0 Å². The molecule has 176 valence electrons. The third-order valence-electron chi connectivity index (χ3n) is 5.48. The van der Waals surface area contributed by atoms with Crippen LogP contribution in [0.15, 0.2) is 42.5 Å². The van der Waals surface area contributed by atoms with E-state index >= 15 is 0 Å². The van der Waals surface area contributed by atoms with Crippen LogP contribution in [0.25, 0.3) is 0 Å². The first kappa shape index (κ1) is 24.2. The van der Waals surface area contributed by atoms with Crippen molar-refractivity contribution < 1.29 is 24.2 Å². The van der Waals surface area contributed by atoms with Gasteiger partial charge in [0.25, 0.3) is 5.91 Å². The second-order valence-corrected chi connectivity index (χ2v) is 7.97. The molecule has 9 heteroatoms. The zero-order chi connectivity index (χ0) is 23.8. The van der Waals surface area contributed by atoms with Crippen molar-refractivity contribution >= 4 is 29.2 Å². The highest BCUT2D eigenvalue weighted by Gasteiger charge is 2.22. The quantitative estimate of drug-likeness (QED) is 0.496. The van der Waals surface area contributed by atoms with Gasteiger partial charge in [-0.05, 0) is 37.3 Å². The van der Waals surface area contributed by atoms with Crippen molar-refractivity contribution in [2.75, 3.05) is 63.2 Å². The molecule has 0 aromatic heterocycles. The summed E-state index contributed by atoms with van der Waals surface area (Å²) in [5.41, 5.74) is 2.78. The van der Waals surface area contributed by atoms with E-state index in [4.69, 9.17) is 4.74 Å². The van der Waals surface area contributed by atoms with Crippen LogP contribution in [-0.4, -0.2) is 80.8 Å². The zero-order valence-corrected chi connectivity index (χ0v) is 19.0. The molecule has 1 aliphatic heterocycles. The fourth-order valence-corrected chi connectivity index (χ4v) is 3.72. The Labute approximate surface area is 193 Å². The van der Waals surface area contributed by atoms with Crippen molar-refractivity contribution in [1.82, 2.24) is 10.2 Å². The van der Waals surface area contributed by atoms with E-state index in [9.17, 15) is 19.5 Å². The fourth-order valence-electron chi connectivity index (χ4n) is 3.72. The molecule has 2 aromatic carbocycles. The number of amides is 2. The second kappa shape index (κ2) is 11.4. The normalized spacial score (nSPS) is 14.1. The van der Waals surface area contributed by atoms with Crippen LogP contribution >= 0.6 is 0 Å². The smallest absolute Gasteiger partial charge is 0.335 e. The van der Waals surface area contributed by atoms with Crippen molar-refractivity contribution in [3.63, 3.8) is 0 Å². The molecule has 1 heterocycles. The number of carbonyl (C=O) groups excluding carboxylic acids is 2. The molecule has 2 amide bonds. The maximum absolute atomic E-state index is 12.8. The molecule has 1 fully saturated rings. The van der Waals surface area contributed by atoms with E-state index in [0.717, 1.165) is 11.3 Å². The number of methoxy groups -OCH3 is 1. The van der Waals surface area contributed by atoms with Gasteiger partial charge in [0.15, 0.2) is 0 Å². The zero-order valence-electron chi connectivity index (χ0n) is 19.0. The van der Waals surface area contributed by atoms with Gasteiger partial charge in [-0.15, -0.1) is 0 Å². The lowest BCUT2D eigenvalue weighted by Crippen LogP contribution is -2.50. The maximum Gasteiger partial charge on any atom is 0.335 e. The average molecular weight is 455 g/mol. The third kappa shape index (κ3) is 6.77. The van der Waals surface area contributed by atoms with Crippen LogP contribution in [0, 0.1) is 6.92 Å². The number of nitrogens with one attached hydrogen (secondary N) is 2. The summed E-state index contributed by atoms with van der Waals surface area (Å²) in [4.78, 5) is 40.5. The Morgan fingerprint density at radius 2 is 1.79 bits per heavy atom. The number of carbonyl (C=O) groups is 3. The molecular formula is C24H30N4O5. The average Bonchev–Trinajstić information content (AvgIpc) is 2.80. The minimum absolute atomic E-state index is 0.0441. The van der Waals surface area contributed by atoms with Crippen molar-refractivity contribution in [3.8, 4) is 0 Å². The number of hydrogen-bond donors (Lipinski definition) is 3. The topological polar surface area (TPSA) is 111 Å². The molecule has 0 spiro atoms. The number of aromatic carboxylic acids is 1. The summed E-state index contributed by atoms with van der Waals surface area (Å²) in [6.07, 6.45) is 0. The summed E-state index contributed by atoms with van der Waals surface area (Å²) >= 11 is 0. The number of carboxylic acids is 1. The van der Waals surface area contributed by atoms with E-state index < -0.39 is 5.97 Å². The van der Waals surface area contributed by atoms with Crippen LogP contribution in [0.1, 0.15) is 26.3 Å². The Hall–Kier alpha value is -3.43. The van der Waals surface area contributed by atoms with Gasteiger partial charge in [-0.1, -0.05) is 17.7 Å². The van der Waals surface area contributed by atoms with Crippen LogP contribution < -0.4 is 15.5 Å². The van der Waals surface area contributed by atoms with Crippen molar-refractivity contribution in [2.24, 2.45) is 0 Å². The van der Waals surface area contributed by atoms with Gasteiger partial charge in [-0.25, -0.2) is 4.79 Å². The lowest BCUT2D eigenvalue weighted by atomic mass is 10.1. The molecule has 0 saturated carbocycles. The molecule has 0 atom stereocenters. The molecule has 3 rings (SSSR count). The van der Waals surface area contributed by atoms with E-state index in [1.165, 1.54) is 12.1 Å². The van der Waals surface area contributed by atoms with E-state index in [0.29, 0.717) is 57.1 Å². The van der Waals surface area contributed by atoms with Gasteiger partial charge in [-0.3, -0.25) is 14.5 Å². The monoisotopic (exact) mass is 454 g/mol. The van der Waals surface area contributed by atoms with E-state index in [-0.39, 0.29) is 17.4 Å². The Morgan fingerprint density at radius 1 is 1.03 bits per heavy atom.